The number of hydrogen-bond donors (Lipinski definition) is 0. The topological polar surface area (TPSA) is 43.9 Å². The van der Waals surface area contributed by atoms with Gasteiger partial charge in [0, 0.05) is 57.8 Å². The largest absolute Gasteiger partial charge is 0.337 e. The molecule has 178 valence electrons. The number of carbonyl (C=O) groups is 2. The van der Waals surface area contributed by atoms with Gasteiger partial charge < -0.3 is 9.80 Å². The van der Waals surface area contributed by atoms with E-state index in [0.717, 1.165) is 38.0 Å². The Morgan fingerprint density at radius 2 is 1.70 bits per heavy atom. The van der Waals surface area contributed by atoms with Crippen LogP contribution in [0.1, 0.15) is 42.1 Å². The number of halogens is 3. The van der Waals surface area contributed by atoms with Crippen LogP contribution in [0.2, 0.25) is 10.0 Å². The summed E-state index contributed by atoms with van der Waals surface area (Å²) in [5.41, 5.74) is 1.45. The van der Waals surface area contributed by atoms with E-state index in [9.17, 15) is 14.0 Å². The van der Waals surface area contributed by atoms with Gasteiger partial charge in [0.2, 0.25) is 5.91 Å². The number of hydrogen-bond acceptors (Lipinski definition) is 3. The van der Waals surface area contributed by atoms with Gasteiger partial charge >= 0.3 is 0 Å². The molecule has 1 aliphatic heterocycles. The molecule has 3 rings (SSSR count). The molecule has 1 fully saturated rings. The van der Waals surface area contributed by atoms with Crippen molar-refractivity contribution in [2.24, 2.45) is 0 Å². The molecule has 2 aromatic carbocycles. The van der Waals surface area contributed by atoms with E-state index in [1.165, 1.54) is 12.1 Å². The molecule has 2 amide bonds. The minimum Gasteiger partial charge on any atom is -0.337 e. The summed E-state index contributed by atoms with van der Waals surface area (Å²) in [6.45, 7) is 6.56. The molecule has 8 heteroatoms. The highest BCUT2D eigenvalue weighted by molar-refractivity contribution is 6.42. The van der Waals surface area contributed by atoms with E-state index in [1.807, 2.05) is 9.80 Å². The maximum Gasteiger partial charge on any atom is 0.253 e. The molecule has 33 heavy (non-hydrogen) atoms. The average Bonchev–Trinajstić information content (AvgIpc) is 2.83. The first kappa shape index (κ1) is 25.5. The predicted octanol–water partition coefficient (Wildman–Crippen LogP) is 5.11. The molecule has 0 saturated carbocycles. The van der Waals surface area contributed by atoms with Gasteiger partial charge in [-0.25, -0.2) is 4.39 Å². The van der Waals surface area contributed by atoms with Crippen molar-refractivity contribution in [1.82, 2.24) is 14.7 Å². The minimum absolute atomic E-state index is 0.0547. The van der Waals surface area contributed by atoms with Crippen LogP contribution in [-0.4, -0.2) is 65.8 Å². The Morgan fingerprint density at radius 1 is 1.00 bits per heavy atom. The molecule has 1 saturated heterocycles. The Morgan fingerprint density at radius 3 is 2.33 bits per heavy atom. The van der Waals surface area contributed by atoms with Gasteiger partial charge in [-0.3, -0.25) is 14.5 Å². The molecule has 0 aliphatic carbocycles. The summed E-state index contributed by atoms with van der Waals surface area (Å²) in [5.74, 6) is -0.216. The highest BCUT2D eigenvalue weighted by Gasteiger charge is 2.23. The standard InChI is InChI=1S/C25H30Cl2FN3O2/c1-2-3-4-24(32)31(18-19-5-8-21(28)9-6-19)16-13-29-11-14-30(15-12-29)25(33)20-7-10-22(26)23(27)17-20/h5-10,17H,2-4,11-16,18H2,1H3. The Hall–Kier alpha value is -2.15. The molecule has 2 aromatic rings. The molecule has 0 bridgehead atoms. The lowest BCUT2D eigenvalue weighted by atomic mass is 10.1. The highest BCUT2D eigenvalue weighted by atomic mass is 35.5. The average molecular weight is 494 g/mol. The zero-order valence-corrected chi connectivity index (χ0v) is 20.4. The van der Waals surface area contributed by atoms with Gasteiger partial charge in [-0.2, -0.15) is 0 Å². The number of carbonyl (C=O) groups excluding carboxylic acids is 2. The summed E-state index contributed by atoms with van der Waals surface area (Å²) in [6.07, 6.45) is 2.34. The van der Waals surface area contributed by atoms with Crippen molar-refractivity contribution in [3.8, 4) is 0 Å². The molecule has 5 nitrogen and oxygen atoms in total. The monoisotopic (exact) mass is 493 g/mol. The van der Waals surface area contributed by atoms with Crippen molar-refractivity contribution in [3.63, 3.8) is 0 Å². The van der Waals surface area contributed by atoms with Crippen LogP contribution in [0, 0.1) is 5.82 Å². The van der Waals surface area contributed by atoms with Gasteiger partial charge in [-0.1, -0.05) is 48.7 Å². The zero-order valence-electron chi connectivity index (χ0n) is 18.9. The second-order valence-electron chi connectivity index (χ2n) is 8.31. The second kappa shape index (κ2) is 12.4. The van der Waals surface area contributed by atoms with Crippen molar-refractivity contribution < 1.29 is 14.0 Å². The fourth-order valence-electron chi connectivity index (χ4n) is 3.84. The lowest BCUT2D eigenvalue weighted by molar-refractivity contribution is -0.132. The molecule has 0 atom stereocenters. The number of benzene rings is 2. The van der Waals surface area contributed by atoms with E-state index in [0.29, 0.717) is 48.2 Å². The third kappa shape index (κ3) is 7.42. The van der Waals surface area contributed by atoms with Crippen LogP contribution in [-0.2, 0) is 11.3 Å². The van der Waals surface area contributed by atoms with Gasteiger partial charge in [-0.15, -0.1) is 0 Å². The normalized spacial score (nSPS) is 14.4. The SMILES string of the molecule is CCCCC(=O)N(CCN1CCN(C(=O)c2ccc(Cl)c(Cl)c2)CC1)Cc1ccc(F)cc1. The van der Waals surface area contributed by atoms with E-state index in [2.05, 4.69) is 11.8 Å². The van der Waals surface area contributed by atoms with Crippen LogP contribution in [0.5, 0.6) is 0 Å². The first-order chi connectivity index (χ1) is 15.9. The molecule has 1 heterocycles. The Kier molecular flexibility index (Phi) is 9.53. The molecule has 0 spiro atoms. The van der Waals surface area contributed by atoms with Gasteiger partial charge in [0.05, 0.1) is 10.0 Å². The van der Waals surface area contributed by atoms with Crippen LogP contribution in [0.25, 0.3) is 0 Å². The van der Waals surface area contributed by atoms with E-state index < -0.39 is 0 Å². The van der Waals surface area contributed by atoms with Gasteiger partial charge in [0.15, 0.2) is 0 Å². The Balaban J connectivity index is 1.53. The van der Waals surface area contributed by atoms with Crippen LogP contribution in [0.4, 0.5) is 4.39 Å². The molecular formula is C25H30Cl2FN3O2. The van der Waals surface area contributed by atoms with Crippen LogP contribution in [0.15, 0.2) is 42.5 Å². The van der Waals surface area contributed by atoms with Crippen LogP contribution < -0.4 is 0 Å². The number of piperazine rings is 1. The smallest absolute Gasteiger partial charge is 0.253 e. The molecule has 0 aromatic heterocycles. The van der Waals surface area contributed by atoms with E-state index in [-0.39, 0.29) is 17.6 Å². The quantitative estimate of drug-likeness (QED) is 0.487. The van der Waals surface area contributed by atoms with Crippen molar-refractivity contribution in [2.75, 3.05) is 39.3 Å². The number of unbranched alkanes of at least 4 members (excludes halogenated alkanes) is 1. The van der Waals surface area contributed by atoms with Crippen molar-refractivity contribution in [3.05, 3.63) is 69.5 Å². The van der Waals surface area contributed by atoms with Gasteiger partial charge in [-0.05, 0) is 42.3 Å². The highest BCUT2D eigenvalue weighted by Crippen LogP contribution is 2.23. The van der Waals surface area contributed by atoms with Gasteiger partial charge in [0.25, 0.3) is 5.91 Å². The van der Waals surface area contributed by atoms with Crippen molar-refractivity contribution >= 4 is 35.0 Å². The predicted molar refractivity (Wildman–Crippen MR) is 130 cm³/mol. The minimum atomic E-state index is -0.282. The molecule has 0 radical (unpaired) electrons. The van der Waals surface area contributed by atoms with Crippen molar-refractivity contribution in [2.45, 2.75) is 32.7 Å². The van der Waals surface area contributed by atoms with Gasteiger partial charge in [0.1, 0.15) is 5.82 Å². The lowest BCUT2D eigenvalue weighted by Crippen LogP contribution is -2.50. The maximum atomic E-state index is 13.2. The van der Waals surface area contributed by atoms with Crippen LogP contribution in [0.3, 0.4) is 0 Å². The molecule has 1 aliphatic rings. The Bertz CT molecular complexity index is 947. The third-order valence-electron chi connectivity index (χ3n) is 5.90. The Labute approximate surface area is 205 Å². The van der Waals surface area contributed by atoms with E-state index in [4.69, 9.17) is 23.2 Å². The van der Waals surface area contributed by atoms with Crippen LogP contribution >= 0.6 is 23.2 Å². The maximum absolute atomic E-state index is 13.2. The fraction of sp³-hybridized carbons (Fsp3) is 0.440. The summed E-state index contributed by atoms with van der Waals surface area (Å²) >= 11 is 12.0. The lowest BCUT2D eigenvalue weighted by Gasteiger charge is -2.36. The number of rotatable bonds is 9. The summed E-state index contributed by atoms with van der Waals surface area (Å²) in [4.78, 5) is 31.5. The molecule has 0 N–H and O–H groups in total. The summed E-state index contributed by atoms with van der Waals surface area (Å²) in [5, 5.41) is 0.798. The third-order valence-corrected chi connectivity index (χ3v) is 6.63. The van der Waals surface area contributed by atoms with E-state index >= 15 is 0 Å². The second-order valence-corrected chi connectivity index (χ2v) is 9.12. The fourth-order valence-corrected chi connectivity index (χ4v) is 4.13. The number of nitrogens with zero attached hydrogens (tertiary/aromatic N) is 3. The summed E-state index contributed by atoms with van der Waals surface area (Å²) in [7, 11) is 0. The van der Waals surface area contributed by atoms with E-state index in [1.54, 1.807) is 30.3 Å². The summed E-state index contributed by atoms with van der Waals surface area (Å²) in [6, 6.07) is 11.2. The zero-order chi connectivity index (χ0) is 23.8. The van der Waals surface area contributed by atoms with Crippen molar-refractivity contribution in [1.29, 1.82) is 0 Å². The first-order valence-corrected chi connectivity index (χ1v) is 12.1. The summed E-state index contributed by atoms with van der Waals surface area (Å²) < 4.78 is 13.2. The number of amides is 2. The molecule has 0 unspecified atom stereocenters. The molecular weight excluding hydrogens is 464 g/mol. The first-order valence-electron chi connectivity index (χ1n) is 11.4.